The third kappa shape index (κ3) is 3.35. The fourth-order valence-electron chi connectivity index (χ4n) is 3.38. The second-order valence-corrected chi connectivity index (χ2v) is 6.68. The lowest BCUT2D eigenvalue weighted by molar-refractivity contribution is 0.252. The minimum atomic E-state index is -0.537. The van der Waals surface area contributed by atoms with E-state index in [-0.39, 0.29) is 11.7 Å². The largest absolute Gasteiger partial charge is 0.474 e. The summed E-state index contributed by atoms with van der Waals surface area (Å²) in [7, 11) is 0. The molecule has 2 amide bonds. The Balaban J connectivity index is 1.82. The highest BCUT2D eigenvalue weighted by atomic mass is 19.1. The molecule has 8 nitrogen and oxygen atoms in total. The van der Waals surface area contributed by atoms with Gasteiger partial charge in [-0.3, -0.25) is 5.32 Å². The van der Waals surface area contributed by atoms with E-state index in [0.717, 1.165) is 11.3 Å². The Morgan fingerprint density at radius 3 is 2.93 bits per heavy atom. The predicted molar refractivity (Wildman–Crippen MR) is 111 cm³/mol. The number of nitrogens with one attached hydrogen (secondary N) is 3. The molecule has 0 saturated heterocycles. The van der Waals surface area contributed by atoms with Crippen LogP contribution in [0.15, 0.2) is 24.5 Å². The van der Waals surface area contributed by atoms with Gasteiger partial charge in [-0.15, -0.1) is 0 Å². The summed E-state index contributed by atoms with van der Waals surface area (Å²) in [6, 6.07) is 2.98. The average Bonchev–Trinajstić information content (AvgIpc) is 2.71. The first-order chi connectivity index (χ1) is 14.0. The third-order valence-corrected chi connectivity index (χ3v) is 4.81. The lowest BCUT2D eigenvalue weighted by Gasteiger charge is -2.22. The van der Waals surface area contributed by atoms with Crippen LogP contribution in [0.1, 0.15) is 12.5 Å². The Labute approximate surface area is 166 Å². The maximum Gasteiger partial charge on any atom is 0.320 e. The van der Waals surface area contributed by atoms with E-state index in [0.29, 0.717) is 53.3 Å². The monoisotopic (exact) mass is 396 g/mol. The Morgan fingerprint density at radius 2 is 2.14 bits per heavy atom. The molecule has 0 unspecified atom stereocenters. The van der Waals surface area contributed by atoms with Crippen molar-refractivity contribution in [3.63, 3.8) is 0 Å². The molecule has 1 aliphatic heterocycles. The molecule has 0 saturated carbocycles. The van der Waals surface area contributed by atoms with Gasteiger partial charge in [0.25, 0.3) is 0 Å². The number of hydrogen-bond donors (Lipinski definition) is 4. The molecule has 3 aromatic rings. The van der Waals surface area contributed by atoms with Gasteiger partial charge in [-0.05, 0) is 36.9 Å². The Kier molecular flexibility index (Phi) is 4.79. The number of anilines is 3. The van der Waals surface area contributed by atoms with Crippen LogP contribution in [-0.4, -0.2) is 35.7 Å². The second-order valence-electron chi connectivity index (χ2n) is 6.68. The number of nitrogen functional groups attached to an aromatic ring is 1. The lowest BCUT2D eigenvalue weighted by Crippen LogP contribution is -2.28. The van der Waals surface area contributed by atoms with Gasteiger partial charge in [0.05, 0.1) is 5.69 Å². The van der Waals surface area contributed by atoms with E-state index in [4.69, 9.17) is 10.5 Å². The van der Waals surface area contributed by atoms with Crippen LogP contribution in [-0.2, 0) is 0 Å². The minimum absolute atomic E-state index is 0.00381. The standard InChI is InChI=1S/C20H21FN6O2/c1-3-23-20(28)27-15-7-11-6-12(16(21)17(22)14(11)9-25-15)13-8-26-19-18(10(13)2)24-4-5-29-19/h6-9,24H,3-5,22H2,1-2H3,(H2,23,25,27,28). The van der Waals surface area contributed by atoms with Gasteiger partial charge in [-0.25, -0.2) is 19.2 Å². The van der Waals surface area contributed by atoms with Crippen molar-refractivity contribution in [2.75, 3.05) is 36.1 Å². The smallest absolute Gasteiger partial charge is 0.320 e. The van der Waals surface area contributed by atoms with Crippen molar-refractivity contribution in [3.05, 3.63) is 35.9 Å². The van der Waals surface area contributed by atoms with Gasteiger partial charge >= 0.3 is 6.03 Å². The fraction of sp³-hybridized carbons (Fsp3) is 0.250. The number of rotatable bonds is 3. The zero-order valence-corrected chi connectivity index (χ0v) is 16.1. The number of carbonyl (C=O) groups is 1. The van der Waals surface area contributed by atoms with Crippen molar-refractivity contribution < 1.29 is 13.9 Å². The van der Waals surface area contributed by atoms with E-state index in [9.17, 15) is 4.79 Å². The Hall–Kier alpha value is -3.62. The first kappa shape index (κ1) is 18.7. The number of benzene rings is 1. The van der Waals surface area contributed by atoms with Crippen molar-refractivity contribution in [1.29, 1.82) is 0 Å². The van der Waals surface area contributed by atoms with Gasteiger partial charge in [-0.1, -0.05) is 0 Å². The van der Waals surface area contributed by atoms with Crippen molar-refractivity contribution in [2.24, 2.45) is 0 Å². The highest BCUT2D eigenvalue weighted by molar-refractivity contribution is 5.99. The lowest BCUT2D eigenvalue weighted by atomic mass is 9.97. The summed E-state index contributed by atoms with van der Waals surface area (Å²) < 4.78 is 20.7. The number of nitrogens with zero attached hydrogens (tertiary/aromatic N) is 2. The molecule has 1 aromatic carbocycles. The second kappa shape index (κ2) is 7.42. The number of urea groups is 1. The molecule has 0 fully saturated rings. The van der Waals surface area contributed by atoms with Crippen LogP contribution >= 0.6 is 0 Å². The van der Waals surface area contributed by atoms with Crippen molar-refractivity contribution >= 4 is 34.0 Å². The number of halogens is 1. The summed E-state index contributed by atoms with van der Waals surface area (Å²) in [5.41, 5.74) is 8.57. The molecular formula is C20H21FN6O2. The fourth-order valence-corrected chi connectivity index (χ4v) is 3.38. The molecule has 150 valence electrons. The summed E-state index contributed by atoms with van der Waals surface area (Å²) >= 11 is 0. The first-order valence-corrected chi connectivity index (χ1v) is 9.28. The predicted octanol–water partition coefficient (Wildman–Crippen LogP) is 3.27. The summed E-state index contributed by atoms with van der Waals surface area (Å²) in [4.78, 5) is 20.2. The summed E-state index contributed by atoms with van der Waals surface area (Å²) in [6.07, 6.45) is 3.03. The molecule has 9 heteroatoms. The molecule has 0 atom stereocenters. The number of fused-ring (bicyclic) bond motifs is 2. The SMILES string of the molecule is CCNC(=O)Nc1cc2cc(-c3cnc4c(c3C)NCCO4)c(F)c(N)c2cn1. The van der Waals surface area contributed by atoms with Crippen LogP contribution in [0.4, 0.5) is 26.4 Å². The van der Waals surface area contributed by atoms with Crippen LogP contribution in [0.3, 0.4) is 0 Å². The zero-order valence-electron chi connectivity index (χ0n) is 16.1. The van der Waals surface area contributed by atoms with Crippen LogP contribution in [0.25, 0.3) is 21.9 Å². The van der Waals surface area contributed by atoms with Gasteiger partial charge in [0.1, 0.15) is 18.1 Å². The van der Waals surface area contributed by atoms with Crippen LogP contribution in [0.2, 0.25) is 0 Å². The van der Waals surface area contributed by atoms with Crippen LogP contribution in [0.5, 0.6) is 5.88 Å². The highest BCUT2D eigenvalue weighted by Crippen LogP contribution is 2.39. The highest BCUT2D eigenvalue weighted by Gasteiger charge is 2.21. The zero-order chi connectivity index (χ0) is 20.5. The van der Waals surface area contributed by atoms with Crippen LogP contribution < -0.4 is 26.4 Å². The normalized spacial score (nSPS) is 12.7. The van der Waals surface area contributed by atoms with Crippen LogP contribution in [0, 0.1) is 12.7 Å². The number of carbonyl (C=O) groups excluding carboxylic acids is 1. The number of ether oxygens (including phenoxy) is 1. The molecule has 29 heavy (non-hydrogen) atoms. The third-order valence-electron chi connectivity index (χ3n) is 4.81. The molecule has 0 radical (unpaired) electrons. The Bertz CT molecular complexity index is 1120. The van der Waals surface area contributed by atoms with E-state index in [2.05, 4.69) is 25.9 Å². The van der Waals surface area contributed by atoms with Gasteiger partial charge in [0.15, 0.2) is 5.82 Å². The number of pyridine rings is 2. The summed E-state index contributed by atoms with van der Waals surface area (Å²) in [6.45, 7) is 5.38. The topological polar surface area (TPSA) is 114 Å². The van der Waals surface area contributed by atoms with Gasteiger partial charge in [0.2, 0.25) is 5.88 Å². The number of amides is 2. The summed E-state index contributed by atoms with van der Waals surface area (Å²) in [5, 5.41) is 9.65. The molecule has 1 aliphatic rings. The van der Waals surface area contributed by atoms with Crippen molar-refractivity contribution in [3.8, 4) is 17.0 Å². The molecule has 4 rings (SSSR count). The van der Waals surface area contributed by atoms with E-state index < -0.39 is 5.82 Å². The molecule has 0 spiro atoms. The van der Waals surface area contributed by atoms with E-state index in [1.807, 2.05) is 13.8 Å². The van der Waals surface area contributed by atoms with E-state index in [1.54, 1.807) is 18.3 Å². The van der Waals surface area contributed by atoms with Gasteiger partial charge < -0.3 is 21.1 Å². The molecule has 5 N–H and O–H groups in total. The van der Waals surface area contributed by atoms with Gasteiger partial charge in [-0.2, -0.15) is 0 Å². The number of nitrogens with two attached hydrogens (primary N) is 1. The first-order valence-electron chi connectivity index (χ1n) is 9.28. The van der Waals surface area contributed by atoms with Gasteiger partial charge in [0, 0.05) is 42.0 Å². The van der Waals surface area contributed by atoms with E-state index >= 15 is 4.39 Å². The van der Waals surface area contributed by atoms with Crippen molar-refractivity contribution in [1.82, 2.24) is 15.3 Å². The summed E-state index contributed by atoms with van der Waals surface area (Å²) in [5.74, 6) is 0.311. The molecule has 0 bridgehead atoms. The molecule has 3 heterocycles. The number of hydrogen-bond acceptors (Lipinski definition) is 6. The van der Waals surface area contributed by atoms with E-state index in [1.165, 1.54) is 6.20 Å². The number of aromatic nitrogens is 2. The minimum Gasteiger partial charge on any atom is -0.474 e. The Morgan fingerprint density at radius 1 is 1.31 bits per heavy atom. The maximum atomic E-state index is 15.1. The average molecular weight is 396 g/mol. The quantitative estimate of drug-likeness (QED) is 0.505. The van der Waals surface area contributed by atoms with Crippen molar-refractivity contribution in [2.45, 2.75) is 13.8 Å². The molecule has 2 aromatic heterocycles. The molecule has 0 aliphatic carbocycles. The maximum absolute atomic E-state index is 15.1. The molecular weight excluding hydrogens is 375 g/mol.